The number of nitrogens with zero attached hydrogens (tertiary/aromatic N) is 6. The van der Waals surface area contributed by atoms with Crippen molar-refractivity contribution >= 4 is 17.7 Å². The minimum Gasteiger partial charge on any atom is -0.378 e. The number of carbonyl (C=O) groups is 3. The van der Waals surface area contributed by atoms with E-state index in [1.54, 1.807) is 6.92 Å². The van der Waals surface area contributed by atoms with Gasteiger partial charge in [0.1, 0.15) is 12.4 Å². The molecule has 0 radical (unpaired) electrons. The Hall–Kier alpha value is -3.88. The minimum atomic E-state index is -0.00103. The predicted octanol–water partition coefficient (Wildman–Crippen LogP) is 4.14. The van der Waals surface area contributed by atoms with Crippen molar-refractivity contribution in [2.75, 3.05) is 112 Å². The van der Waals surface area contributed by atoms with Gasteiger partial charge in [-0.1, -0.05) is 36.3 Å². The van der Waals surface area contributed by atoms with E-state index in [1.807, 2.05) is 23.1 Å². The van der Waals surface area contributed by atoms with Crippen molar-refractivity contribution in [3.05, 3.63) is 53.1 Å². The Morgan fingerprint density at radius 2 is 1.53 bits per heavy atom. The zero-order valence-electron chi connectivity index (χ0n) is 39.4. The lowest BCUT2D eigenvalue weighted by Gasteiger charge is -2.34. The molecule has 0 bridgehead atoms. The molecule has 0 spiro atoms. The van der Waals surface area contributed by atoms with Gasteiger partial charge in [0.2, 0.25) is 17.7 Å². The van der Waals surface area contributed by atoms with E-state index < -0.39 is 0 Å². The van der Waals surface area contributed by atoms with E-state index in [4.69, 9.17) is 30.4 Å². The van der Waals surface area contributed by atoms with Gasteiger partial charge in [0, 0.05) is 109 Å². The Morgan fingerprint density at radius 3 is 2.22 bits per heavy atom. The van der Waals surface area contributed by atoms with E-state index >= 15 is 0 Å². The van der Waals surface area contributed by atoms with Crippen molar-refractivity contribution in [2.45, 2.75) is 116 Å². The summed E-state index contributed by atoms with van der Waals surface area (Å²) in [5.74, 6) is 3.68. The van der Waals surface area contributed by atoms with Crippen LogP contribution in [0, 0.1) is 19.3 Å². The highest BCUT2D eigenvalue weighted by molar-refractivity contribution is 5.77. The number of piperazine rings is 1. The van der Waals surface area contributed by atoms with E-state index in [1.165, 1.54) is 18.5 Å². The van der Waals surface area contributed by atoms with Crippen LogP contribution in [-0.4, -0.2) is 171 Å². The van der Waals surface area contributed by atoms with Crippen LogP contribution in [0.5, 0.6) is 0 Å². The summed E-state index contributed by atoms with van der Waals surface area (Å²) in [7, 11) is 0. The molecule has 2 fully saturated rings. The molecule has 1 aromatic carbocycles. The molecular weight excluding hydrogens is 813 g/mol. The number of hydrogen-bond donors (Lipinski definition) is 2. The van der Waals surface area contributed by atoms with Crippen LogP contribution >= 0.6 is 0 Å². The fourth-order valence-corrected chi connectivity index (χ4v) is 9.51. The third-order valence-electron chi connectivity index (χ3n) is 13.0. The van der Waals surface area contributed by atoms with Gasteiger partial charge in [-0.2, -0.15) is 0 Å². The number of rotatable bonds is 29. The molecule has 64 heavy (non-hydrogen) atoms. The lowest BCUT2D eigenvalue weighted by atomic mass is 10.0. The number of aryl methyl sites for hydroxylation is 1. The highest BCUT2D eigenvalue weighted by Crippen LogP contribution is 2.33. The van der Waals surface area contributed by atoms with Gasteiger partial charge >= 0.3 is 0 Å². The molecule has 15 nitrogen and oxygen atoms in total. The quantitative estimate of drug-likeness (QED) is 0.0900. The summed E-state index contributed by atoms with van der Waals surface area (Å²) < 4.78 is 24.3. The van der Waals surface area contributed by atoms with Gasteiger partial charge < -0.3 is 43.9 Å². The second-order valence-corrected chi connectivity index (χ2v) is 17.7. The number of benzene rings is 1. The molecule has 0 saturated carbocycles. The van der Waals surface area contributed by atoms with Gasteiger partial charge in [0.05, 0.1) is 64.5 Å². The van der Waals surface area contributed by atoms with Crippen LogP contribution in [0.2, 0.25) is 0 Å². The van der Waals surface area contributed by atoms with Crippen LogP contribution in [0.15, 0.2) is 30.3 Å². The van der Waals surface area contributed by atoms with Gasteiger partial charge in [-0.15, -0.1) is 6.42 Å². The van der Waals surface area contributed by atoms with Crippen LogP contribution in [0.3, 0.4) is 0 Å². The average molecular weight is 891 g/mol. The number of aromatic nitrogens is 2. The fraction of sp³-hybridized carbons (Fsp3) is 0.714. The number of nitrogens with one attached hydrogen (secondary N) is 2. The van der Waals surface area contributed by atoms with E-state index in [-0.39, 0.29) is 23.8 Å². The molecule has 3 amide bonds. The summed E-state index contributed by atoms with van der Waals surface area (Å²) in [5, 5.41) is 6.25. The summed E-state index contributed by atoms with van der Waals surface area (Å²) in [6.45, 7) is 20.7. The van der Waals surface area contributed by atoms with Gasteiger partial charge in [0.15, 0.2) is 0 Å². The highest BCUT2D eigenvalue weighted by atomic mass is 16.6. The lowest BCUT2D eigenvalue weighted by molar-refractivity contribution is -0.132. The monoisotopic (exact) mass is 891 g/mol. The summed E-state index contributed by atoms with van der Waals surface area (Å²) in [6, 6.07) is 11.6. The average Bonchev–Trinajstić information content (AvgIpc) is 3.82. The first kappa shape index (κ1) is 51.1. The van der Waals surface area contributed by atoms with Crippen LogP contribution < -0.4 is 10.6 Å². The first-order valence-corrected chi connectivity index (χ1v) is 24.0. The van der Waals surface area contributed by atoms with Crippen molar-refractivity contribution in [1.29, 1.82) is 0 Å². The van der Waals surface area contributed by atoms with Crippen LogP contribution in [0.4, 0.5) is 0 Å². The Morgan fingerprint density at radius 1 is 0.859 bits per heavy atom. The summed E-state index contributed by atoms with van der Waals surface area (Å²) in [4.78, 5) is 52.4. The minimum absolute atomic E-state index is 0.000180. The van der Waals surface area contributed by atoms with E-state index in [9.17, 15) is 14.4 Å². The first-order valence-electron chi connectivity index (χ1n) is 24.0. The summed E-state index contributed by atoms with van der Waals surface area (Å²) >= 11 is 0. The maximum Gasteiger partial charge on any atom is 0.222 e. The molecule has 3 aliphatic rings. The van der Waals surface area contributed by atoms with Gasteiger partial charge in [-0.05, 0) is 64.9 Å². The number of amides is 3. The molecule has 2 N–H and O–H groups in total. The second kappa shape index (κ2) is 28.2. The molecule has 4 atom stereocenters. The fourth-order valence-electron chi connectivity index (χ4n) is 9.51. The Balaban J connectivity index is 0.904. The number of fused-ring (bicyclic) bond motifs is 1. The normalized spacial score (nSPS) is 19.3. The van der Waals surface area contributed by atoms with Crippen molar-refractivity contribution in [2.24, 2.45) is 0 Å². The summed E-state index contributed by atoms with van der Waals surface area (Å²) in [5.41, 5.74) is 3.45. The van der Waals surface area contributed by atoms with Crippen molar-refractivity contribution in [3.63, 3.8) is 0 Å². The highest BCUT2D eigenvalue weighted by Gasteiger charge is 2.34. The zero-order valence-corrected chi connectivity index (χ0v) is 39.4. The molecule has 1 aromatic heterocycles. The summed E-state index contributed by atoms with van der Waals surface area (Å²) in [6.07, 6.45) is 12.7. The molecule has 15 heteroatoms. The third-order valence-corrected chi connectivity index (χ3v) is 13.0. The van der Waals surface area contributed by atoms with Crippen molar-refractivity contribution in [1.82, 2.24) is 39.8 Å². The second-order valence-electron chi connectivity index (χ2n) is 17.7. The molecule has 356 valence electrons. The van der Waals surface area contributed by atoms with Crippen LogP contribution in [0.25, 0.3) is 0 Å². The molecule has 0 aliphatic carbocycles. The number of likely N-dealkylation sites (tertiary alicyclic amines) is 1. The molecule has 4 unspecified atom stereocenters. The standard InChI is InChI=1S/C49H78N8O7/c1-6-29-61-31-33-63-35-36-64-34-32-62-30-28-54-26-24-53(25-27-54)21-19-48(59)50-20-11-10-14-49(60)55-22-18-47-46(38-55)51-41(4)57(47)40(3)37-44-16-15-39(2)56(44)23-17-45(52-42(5)58)43-12-8-7-9-13-43/h1,7-9,12-13,39-40,44-45H,10-11,14-38H2,2-5H3,(H,50,59)(H,52,58). The SMILES string of the molecule is C#CCOCCOCCOCCOCCN1CCN(CCC(=O)NCCCCC(=O)N2CCc3c(nc(C)n3C(C)CC3CCC(C)N3CCC(NC(C)=O)c3ccccc3)C2)CC1. The number of carbonyl (C=O) groups excluding carboxylic acids is 3. The van der Waals surface area contributed by atoms with E-state index in [0.29, 0.717) is 103 Å². The maximum atomic E-state index is 13.3. The molecule has 2 saturated heterocycles. The Labute approximate surface area is 383 Å². The number of imidazole rings is 1. The lowest BCUT2D eigenvalue weighted by Crippen LogP contribution is -2.48. The largest absolute Gasteiger partial charge is 0.378 e. The predicted molar refractivity (Wildman–Crippen MR) is 249 cm³/mol. The van der Waals surface area contributed by atoms with Crippen molar-refractivity contribution in [3.8, 4) is 12.3 Å². The van der Waals surface area contributed by atoms with Crippen LogP contribution in [0.1, 0.15) is 107 Å². The molecule has 4 heterocycles. The topological polar surface area (TPSA) is 143 Å². The molecular formula is C49H78N8O7. The zero-order chi connectivity index (χ0) is 45.5. The molecule has 5 rings (SSSR count). The first-order chi connectivity index (χ1) is 31.1. The Bertz CT molecular complexity index is 1730. The van der Waals surface area contributed by atoms with Gasteiger partial charge in [-0.3, -0.25) is 24.2 Å². The van der Waals surface area contributed by atoms with Crippen LogP contribution in [-0.2, 0) is 46.3 Å². The van der Waals surface area contributed by atoms with Crippen molar-refractivity contribution < 1.29 is 33.3 Å². The third kappa shape index (κ3) is 17.2. The Kier molecular flexibility index (Phi) is 22.5. The van der Waals surface area contributed by atoms with E-state index in [0.717, 1.165) is 95.0 Å². The number of terminal acetylenes is 1. The molecule has 2 aromatic rings. The maximum absolute atomic E-state index is 13.3. The number of hydrogen-bond acceptors (Lipinski definition) is 11. The number of unbranched alkanes of at least 4 members (excludes halogenated alkanes) is 1. The smallest absolute Gasteiger partial charge is 0.222 e. The van der Waals surface area contributed by atoms with Gasteiger partial charge in [0.25, 0.3) is 0 Å². The van der Waals surface area contributed by atoms with E-state index in [2.05, 4.69) is 68.7 Å². The van der Waals surface area contributed by atoms with Gasteiger partial charge in [-0.25, -0.2) is 4.98 Å². The number of ether oxygens (including phenoxy) is 4. The molecule has 3 aliphatic heterocycles.